The predicted molar refractivity (Wildman–Crippen MR) is 82.2 cm³/mol. The summed E-state index contributed by atoms with van der Waals surface area (Å²) in [4.78, 5) is 16.9. The molecule has 20 heavy (non-hydrogen) atoms. The third-order valence-electron chi connectivity index (χ3n) is 4.03. The number of likely N-dealkylation sites (N-methyl/N-ethyl adjacent to an activating group) is 1. The Balaban J connectivity index is 1.72. The minimum Gasteiger partial charge on any atom is -0.304 e. The lowest BCUT2D eigenvalue weighted by Gasteiger charge is -2.31. The Morgan fingerprint density at radius 3 is 2.45 bits per heavy atom. The number of carbonyl (C=O) groups excluding carboxylic acids is 1. The Hall–Kier alpha value is -1.71. The molecular weight excluding hydrogens is 248 g/mol. The number of carbonyl (C=O) groups is 1. The lowest BCUT2D eigenvalue weighted by Crippen LogP contribution is -2.46. The molecule has 104 valence electrons. The summed E-state index contributed by atoms with van der Waals surface area (Å²) in [6.45, 7) is 4.59. The molecule has 3 heteroatoms. The van der Waals surface area contributed by atoms with Crippen LogP contribution in [-0.4, -0.2) is 55.4 Å². The van der Waals surface area contributed by atoms with E-state index in [0.29, 0.717) is 6.54 Å². The fourth-order valence-corrected chi connectivity index (χ4v) is 2.66. The molecule has 0 N–H and O–H groups in total. The number of benzene rings is 2. The van der Waals surface area contributed by atoms with E-state index in [1.165, 1.54) is 5.39 Å². The van der Waals surface area contributed by atoms with Crippen molar-refractivity contribution in [2.75, 3.05) is 39.8 Å². The lowest BCUT2D eigenvalue weighted by atomic mass is 10.0. The van der Waals surface area contributed by atoms with Gasteiger partial charge in [-0.3, -0.25) is 9.69 Å². The molecule has 2 aromatic rings. The van der Waals surface area contributed by atoms with Gasteiger partial charge in [0.2, 0.25) is 0 Å². The molecule has 1 aliphatic rings. The van der Waals surface area contributed by atoms with Gasteiger partial charge in [-0.2, -0.15) is 0 Å². The SMILES string of the molecule is CN1CCN(CC(=O)c2ccc3ccccc3c2)CC1. The maximum atomic E-state index is 12.4. The van der Waals surface area contributed by atoms with E-state index in [0.717, 1.165) is 37.1 Å². The molecule has 1 heterocycles. The van der Waals surface area contributed by atoms with Gasteiger partial charge in [-0.15, -0.1) is 0 Å². The van der Waals surface area contributed by atoms with Crippen LogP contribution in [0.5, 0.6) is 0 Å². The van der Waals surface area contributed by atoms with E-state index in [2.05, 4.69) is 29.0 Å². The average Bonchev–Trinajstić information content (AvgIpc) is 2.49. The summed E-state index contributed by atoms with van der Waals surface area (Å²) in [6, 6.07) is 14.2. The van der Waals surface area contributed by atoms with Gasteiger partial charge in [-0.25, -0.2) is 0 Å². The summed E-state index contributed by atoms with van der Waals surface area (Å²) in [5, 5.41) is 2.32. The van der Waals surface area contributed by atoms with Crippen LogP contribution in [0.1, 0.15) is 10.4 Å². The summed E-state index contributed by atoms with van der Waals surface area (Å²) in [5.74, 6) is 0.223. The first kappa shape index (κ1) is 13.3. The zero-order valence-electron chi connectivity index (χ0n) is 11.9. The van der Waals surface area contributed by atoms with Crippen molar-refractivity contribution in [3.05, 3.63) is 48.0 Å². The zero-order valence-corrected chi connectivity index (χ0v) is 11.9. The molecule has 0 aliphatic carbocycles. The first-order chi connectivity index (χ1) is 9.72. The third kappa shape index (κ3) is 2.89. The Labute approximate surface area is 119 Å². The maximum absolute atomic E-state index is 12.4. The molecule has 3 rings (SSSR count). The molecule has 2 aromatic carbocycles. The van der Waals surface area contributed by atoms with Gasteiger partial charge < -0.3 is 4.90 Å². The van der Waals surface area contributed by atoms with Gasteiger partial charge in [-0.05, 0) is 23.9 Å². The molecule has 3 nitrogen and oxygen atoms in total. The van der Waals surface area contributed by atoms with Crippen LogP contribution >= 0.6 is 0 Å². The fourth-order valence-electron chi connectivity index (χ4n) is 2.66. The molecule has 0 aromatic heterocycles. The highest BCUT2D eigenvalue weighted by atomic mass is 16.1. The van der Waals surface area contributed by atoms with Crippen molar-refractivity contribution in [2.45, 2.75) is 0 Å². The van der Waals surface area contributed by atoms with E-state index >= 15 is 0 Å². The molecule has 0 bridgehead atoms. The van der Waals surface area contributed by atoms with Crippen molar-refractivity contribution >= 4 is 16.6 Å². The standard InChI is InChI=1S/C17H20N2O/c1-18-8-10-19(11-9-18)13-17(20)16-7-6-14-4-2-3-5-15(14)12-16/h2-7,12H,8-11,13H2,1H3. The van der Waals surface area contributed by atoms with Crippen LogP contribution in [0.25, 0.3) is 10.8 Å². The van der Waals surface area contributed by atoms with Gasteiger partial charge in [-0.1, -0.05) is 36.4 Å². The van der Waals surface area contributed by atoms with Crippen molar-refractivity contribution < 1.29 is 4.79 Å². The Kier molecular flexibility index (Phi) is 3.81. The topological polar surface area (TPSA) is 23.6 Å². The fraction of sp³-hybridized carbons (Fsp3) is 0.353. The summed E-state index contributed by atoms with van der Waals surface area (Å²) in [7, 11) is 2.13. The van der Waals surface area contributed by atoms with Gasteiger partial charge in [0.05, 0.1) is 6.54 Å². The lowest BCUT2D eigenvalue weighted by molar-refractivity contribution is 0.0876. The number of piperazine rings is 1. The second-order valence-electron chi connectivity index (χ2n) is 5.56. The molecule has 0 amide bonds. The van der Waals surface area contributed by atoms with Crippen LogP contribution in [0.15, 0.2) is 42.5 Å². The molecule has 0 atom stereocenters. The van der Waals surface area contributed by atoms with Crippen LogP contribution in [0, 0.1) is 0 Å². The number of hydrogen-bond acceptors (Lipinski definition) is 3. The highest BCUT2D eigenvalue weighted by molar-refractivity contribution is 6.01. The van der Waals surface area contributed by atoms with Crippen molar-refractivity contribution in [2.24, 2.45) is 0 Å². The molecule has 0 radical (unpaired) electrons. The van der Waals surface area contributed by atoms with Crippen LogP contribution in [-0.2, 0) is 0 Å². The van der Waals surface area contributed by atoms with Crippen molar-refractivity contribution in [1.82, 2.24) is 9.80 Å². The normalized spacial score (nSPS) is 17.4. The largest absolute Gasteiger partial charge is 0.304 e. The van der Waals surface area contributed by atoms with E-state index < -0.39 is 0 Å². The molecule has 0 spiro atoms. The van der Waals surface area contributed by atoms with Gasteiger partial charge in [0, 0.05) is 31.7 Å². The zero-order chi connectivity index (χ0) is 13.9. The monoisotopic (exact) mass is 268 g/mol. The van der Waals surface area contributed by atoms with Crippen LogP contribution in [0.2, 0.25) is 0 Å². The Morgan fingerprint density at radius 1 is 1.00 bits per heavy atom. The maximum Gasteiger partial charge on any atom is 0.176 e. The van der Waals surface area contributed by atoms with E-state index in [-0.39, 0.29) is 5.78 Å². The number of fused-ring (bicyclic) bond motifs is 1. The van der Waals surface area contributed by atoms with Gasteiger partial charge in [0.25, 0.3) is 0 Å². The molecular formula is C17H20N2O. The molecule has 1 aliphatic heterocycles. The first-order valence-corrected chi connectivity index (χ1v) is 7.15. The third-order valence-corrected chi connectivity index (χ3v) is 4.03. The highest BCUT2D eigenvalue weighted by Crippen LogP contribution is 2.16. The summed E-state index contributed by atoms with van der Waals surface area (Å²) < 4.78 is 0. The van der Waals surface area contributed by atoms with Crippen LogP contribution < -0.4 is 0 Å². The number of rotatable bonds is 3. The van der Waals surface area contributed by atoms with Gasteiger partial charge in [0.1, 0.15) is 0 Å². The second-order valence-corrected chi connectivity index (χ2v) is 5.56. The molecule has 1 fully saturated rings. The number of nitrogens with zero attached hydrogens (tertiary/aromatic N) is 2. The Bertz CT molecular complexity index is 615. The summed E-state index contributed by atoms with van der Waals surface area (Å²) in [5.41, 5.74) is 0.822. The van der Waals surface area contributed by atoms with Gasteiger partial charge in [0.15, 0.2) is 5.78 Å². The van der Waals surface area contributed by atoms with Crippen molar-refractivity contribution in [1.29, 1.82) is 0 Å². The quantitative estimate of drug-likeness (QED) is 0.798. The Morgan fingerprint density at radius 2 is 1.70 bits per heavy atom. The van der Waals surface area contributed by atoms with E-state index in [4.69, 9.17) is 0 Å². The minimum absolute atomic E-state index is 0.223. The van der Waals surface area contributed by atoms with Crippen molar-refractivity contribution in [3.63, 3.8) is 0 Å². The van der Waals surface area contributed by atoms with Gasteiger partial charge >= 0.3 is 0 Å². The smallest absolute Gasteiger partial charge is 0.176 e. The van der Waals surface area contributed by atoms with E-state index in [1.807, 2.05) is 30.3 Å². The number of Topliss-reactive ketones (excluding diaryl/α,β-unsaturated/α-hetero) is 1. The molecule has 0 saturated carbocycles. The van der Waals surface area contributed by atoms with E-state index in [1.54, 1.807) is 0 Å². The summed E-state index contributed by atoms with van der Waals surface area (Å²) >= 11 is 0. The highest BCUT2D eigenvalue weighted by Gasteiger charge is 2.17. The first-order valence-electron chi connectivity index (χ1n) is 7.15. The number of hydrogen-bond donors (Lipinski definition) is 0. The molecule has 1 saturated heterocycles. The summed E-state index contributed by atoms with van der Waals surface area (Å²) in [6.07, 6.45) is 0. The van der Waals surface area contributed by atoms with E-state index in [9.17, 15) is 4.79 Å². The minimum atomic E-state index is 0.223. The number of ketones is 1. The second kappa shape index (κ2) is 5.73. The molecule has 0 unspecified atom stereocenters. The van der Waals surface area contributed by atoms with Crippen LogP contribution in [0.3, 0.4) is 0 Å². The van der Waals surface area contributed by atoms with Crippen LogP contribution in [0.4, 0.5) is 0 Å². The van der Waals surface area contributed by atoms with Crippen molar-refractivity contribution in [3.8, 4) is 0 Å². The predicted octanol–water partition coefficient (Wildman–Crippen LogP) is 2.27. The average molecular weight is 268 g/mol.